The van der Waals surface area contributed by atoms with Crippen LogP contribution in [0.2, 0.25) is 0 Å². The van der Waals surface area contributed by atoms with Crippen LogP contribution in [0.4, 0.5) is 0 Å². The van der Waals surface area contributed by atoms with Crippen LogP contribution in [-0.4, -0.2) is 23.5 Å². The Morgan fingerprint density at radius 3 is 2.55 bits per heavy atom. The normalized spacial score (nSPS) is 17.1. The van der Waals surface area contributed by atoms with E-state index in [-0.39, 0.29) is 22.6 Å². The topological polar surface area (TPSA) is 79.5 Å². The number of hydrogen-bond donors (Lipinski definition) is 2. The quantitative estimate of drug-likeness (QED) is 0.868. The Labute approximate surface area is 118 Å². The van der Waals surface area contributed by atoms with E-state index in [0.29, 0.717) is 18.7 Å². The van der Waals surface area contributed by atoms with Crippen LogP contribution < -0.4 is 5.32 Å². The molecule has 0 spiro atoms. The van der Waals surface area contributed by atoms with Crippen molar-refractivity contribution in [3.8, 4) is 0 Å². The lowest BCUT2D eigenvalue weighted by molar-refractivity contribution is 0.0694. The van der Waals surface area contributed by atoms with Crippen molar-refractivity contribution in [2.45, 2.75) is 46.0 Å². The number of carboxylic acid groups (broad SMARTS) is 1. The average molecular weight is 279 g/mol. The molecule has 1 amide bonds. The van der Waals surface area contributed by atoms with Crippen LogP contribution in [0.15, 0.2) is 10.5 Å². The summed E-state index contributed by atoms with van der Waals surface area (Å²) in [5.41, 5.74) is 0.232. The van der Waals surface area contributed by atoms with Gasteiger partial charge in [0.1, 0.15) is 11.3 Å². The smallest absolute Gasteiger partial charge is 0.339 e. The van der Waals surface area contributed by atoms with Gasteiger partial charge < -0.3 is 14.8 Å². The van der Waals surface area contributed by atoms with Crippen LogP contribution in [-0.2, 0) is 6.42 Å². The number of aryl methyl sites for hydroxylation is 1. The van der Waals surface area contributed by atoms with Crippen LogP contribution in [0.25, 0.3) is 0 Å². The summed E-state index contributed by atoms with van der Waals surface area (Å²) in [5.74, 6) is -0.969. The summed E-state index contributed by atoms with van der Waals surface area (Å²) in [4.78, 5) is 23.1. The van der Waals surface area contributed by atoms with Crippen molar-refractivity contribution in [2.75, 3.05) is 6.54 Å². The standard InChI is InChI=1S/C15H21NO4/c1-3-11-10(14(18)19)8-12(20-11)13(17)16-9-15(2)6-4-5-7-15/h8H,3-7,9H2,1-2H3,(H,16,17)(H,18,19). The molecule has 0 unspecified atom stereocenters. The molecule has 0 saturated heterocycles. The van der Waals surface area contributed by atoms with Gasteiger partial charge in [0.15, 0.2) is 5.76 Å². The van der Waals surface area contributed by atoms with Gasteiger partial charge in [-0.15, -0.1) is 0 Å². The fourth-order valence-electron chi connectivity index (χ4n) is 2.77. The fourth-order valence-corrected chi connectivity index (χ4v) is 2.77. The molecule has 1 aliphatic carbocycles. The summed E-state index contributed by atoms with van der Waals surface area (Å²) in [6.45, 7) is 4.57. The second-order valence-corrected chi connectivity index (χ2v) is 5.81. The van der Waals surface area contributed by atoms with E-state index in [1.807, 2.05) is 0 Å². The average Bonchev–Trinajstić information content (AvgIpc) is 3.02. The van der Waals surface area contributed by atoms with Crippen molar-refractivity contribution >= 4 is 11.9 Å². The van der Waals surface area contributed by atoms with Crippen molar-refractivity contribution in [3.05, 3.63) is 23.2 Å². The van der Waals surface area contributed by atoms with E-state index < -0.39 is 5.97 Å². The van der Waals surface area contributed by atoms with E-state index in [1.54, 1.807) is 6.92 Å². The number of nitrogens with one attached hydrogen (secondary N) is 1. The second-order valence-electron chi connectivity index (χ2n) is 5.81. The third-order valence-electron chi connectivity index (χ3n) is 4.07. The minimum atomic E-state index is -1.06. The molecule has 1 saturated carbocycles. The van der Waals surface area contributed by atoms with Crippen molar-refractivity contribution in [3.63, 3.8) is 0 Å². The molecule has 1 aromatic heterocycles. The molecule has 0 bridgehead atoms. The molecule has 2 rings (SSSR count). The Morgan fingerprint density at radius 1 is 1.40 bits per heavy atom. The largest absolute Gasteiger partial charge is 0.478 e. The highest BCUT2D eigenvalue weighted by Crippen LogP contribution is 2.36. The lowest BCUT2D eigenvalue weighted by Crippen LogP contribution is -2.33. The molecule has 0 aromatic carbocycles. The van der Waals surface area contributed by atoms with Gasteiger partial charge in [-0.05, 0) is 18.3 Å². The Balaban J connectivity index is 2.04. The Kier molecular flexibility index (Phi) is 4.16. The Hall–Kier alpha value is -1.78. The van der Waals surface area contributed by atoms with Gasteiger partial charge in [0.2, 0.25) is 0 Å². The Morgan fingerprint density at radius 2 is 2.05 bits per heavy atom. The van der Waals surface area contributed by atoms with Crippen LogP contribution in [0.5, 0.6) is 0 Å². The lowest BCUT2D eigenvalue weighted by atomic mass is 9.89. The number of aromatic carboxylic acids is 1. The van der Waals surface area contributed by atoms with Gasteiger partial charge >= 0.3 is 5.97 Å². The maximum atomic E-state index is 12.0. The predicted molar refractivity (Wildman–Crippen MR) is 74.0 cm³/mol. The highest BCUT2D eigenvalue weighted by Gasteiger charge is 2.29. The van der Waals surface area contributed by atoms with Gasteiger partial charge in [0.25, 0.3) is 5.91 Å². The predicted octanol–water partition coefficient (Wildman–Crippen LogP) is 2.85. The summed E-state index contributed by atoms with van der Waals surface area (Å²) in [6, 6.07) is 1.31. The number of carboxylic acids is 1. The van der Waals surface area contributed by atoms with E-state index in [0.717, 1.165) is 12.8 Å². The Bertz CT molecular complexity index is 512. The van der Waals surface area contributed by atoms with Crippen LogP contribution in [0, 0.1) is 5.41 Å². The molecular weight excluding hydrogens is 258 g/mol. The number of carbonyl (C=O) groups excluding carboxylic acids is 1. The summed E-state index contributed by atoms with van der Waals surface area (Å²) < 4.78 is 5.34. The number of rotatable bonds is 5. The fraction of sp³-hybridized carbons (Fsp3) is 0.600. The number of hydrogen-bond acceptors (Lipinski definition) is 3. The zero-order valence-electron chi connectivity index (χ0n) is 12.0. The van der Waals surface area contributed by atoms with Gasteiger partial charge in [-0.3, -0.25) is 4.79 Å². The SMILES string of the molecule is CCc1oc(C(=O)NCC2(C)CCCC2)cc1C(=O)O. The van der Waals surface area contributed by atoms with Gasteiger partial charge in [0, 0.05) is 19.0 Å². The molecule has 1 aliphatic rings. The van der Waals surface area contributed by atoms with E-state index >= 15 is 0 Å². The molecule has 0 atom stereocenters. The number of carbonyl (C=O) groups is 2. The first-order valence-corrected chi connectivity index (χ1v) is 7.09. The van der Waals surface area contributed by atoms with Gasteiger partial charge in [0.05, 0.1) is 0 Å². The third-order valence-corrected chi connectivity index (χ3v) is 4.07. The molecule has 0 aliphatic heterocycles. The van der Waals surface area contributed by atoms with Crippen molar-refractivity contribution in [1.29, 1.82) is 0 Å². The van der Waals surface area contributed by atoms with Crippen LogP contribution >= 0.6 is 0 Å². The molecule has 1 aromatic rings. The highest BCUT2D eigenvalue weighted by molar-refractivity contribution is 5.96. The first-order chi connectivity index (χ1) is 9.45. The van der Waals surface area contributed by atoms with Gasteiger partial charge in [-0.25, -0.2) is 4.79 Å². The maximum absolute atomic E-state index is 12.0. The molecule has 2 N–H and O–H groups in total. The van der Waals surface area contributed by atoms with Crippen molar-refractivity contribution < 1.29 is 19.1 Å². The molecular formula is C15H21NO4. The first kappa shape index (κ1) is 14.6. The van der Waals surface area contributed by atoms with Crippen LogP contribution in [0.1, 0.15) is 66.2 Å². The van der Waals surface area contributed by atoms with E-state index in [4.69, 9.17) is 9.52 Å². The summed E-state index contributed by atoms with van der Waals surface area (Å²) in [5, 5.41) is 11.9. The molecule has 110 valence electrons. The molecule has 5 heteroatoms. The molecule has 20 heavy (non-hydrogen) atoms. The highest BCUT2D eigenvalue weighted by atomic mass is 16.4. The summed E-state index contributed by atoms with van der Waals surface area (Å²) in [6.07, 6.45) is 5.09. The van der Waals surface area contributed by atoms with Gasteiger partial charge in [-0.2, -0.15) is 0 Å². The molecule has 0 radical (unpaired) electrons. The lowest BCUT2D eigenvalue weighted by Gasteiger charge is -2.23. The van der Waals surface area contributed by atoms with Crippen molar-refractivity contribution in [1.82, 2.24) is 5.32 Å². The number of amides is 1. The molecule has 1 fully saturated rings. The summed E-state index contributed by atoms with van der Waals surface area (Å²) in [7, 11) is 0. The summed E-state index contributed by atoms with van der Waals surface area (Å²) >= 11 is 0. The van der Waals surface area contributed by atoms with E-state index in [9.17, 15) is 9.59 Å². The van der Waals surface area contributed by atoms with E-state index in [2.05, 4.69) is 12.2 Å². The minimum absolute atomic E-state index is 0.0738. The number of furan rings is 1. The van der Waals surface area contributed by atoms with Crippen molar-refractivity contribution in [2.24, 2.45) is 5.41 Å². The minimum Gasteiger partial charge on any atom is -0.478 e. The second kappa shape index (κ2) is 5.69. The first-order valence-electron chi connectivity index (χ1n) is 7.09. The molecule has 1 heterocycles. The third kappa shape index (κ3) is 3.03. The monoisotopic (exact) mass is 279 g/mol. The maximum Gasteiger partial charge on any atom is 0.339 e. The molecule has 5 nitrogen and oxygen atoms in total. The zero-order chi connectivity index (χ0) is 14.8. The van der Waals surface area contributed by atoms with E-state index in [1.165, 1.54) is 18.9 Å². The zero-order valence-corrected chi connectivity index (χ0v) is 12.0. The van der Waals surface area contributed by atoms with Crippen LogP contribution in [0.3, 0.4) is 0 Å². The van der Waals surface area contributed by atoms with Gasteiger partial charge in [-0.1, -0.05) is 26.7 Å².